The summed E-state index contributed by atoms with van der Waals surface area (Å²) in [5, 5.41) is 10.9. The van der Waals surface area contributed by atoms with Crippen molar-refractivity contribution in [3.8, 4) is 11.5 Å². The van der Waals surface area contributed by atoms with Crippen LogP contribution < -0.4 is 9.47 Å². The Balaban J connectivity index is 1.97. The number of non-ortho nitro benzene ring substituents is 1. The zero-order valence-corrected chi connectivity index (χ0v) is 12.5. The van der Waals surface area contributed by atoms with E-state index >= 15 is 0 Å². The summed E-state index contributed by atoms with van der Waals surface area (Å²) < 4.78 is 12.1. The van der Waals surface area contributed by atoms with Crippen molar-refractivity contribution < 1.29 is 14.4 Å². The topological polar surface area (TPSA) is 61.6 Å². The second kappa shape index (κ2) is 4.76. The lowest BCUT2D eigenvalue weighted by Crippen LogP contribution is -2.51. The van der Waals surface area contributed by atoms with Gasteiger partial charge in [-0.05, 0) is 37.8 Å². The first-order chi connectivity index (χ1) is 9.89. The fourth-order valence-electron chi connectivity index (χ4n) is 2.91. The molecule has 1 aliphatic carbocycles. The van der Waals surface area contributed by atoms with E-state index < -0.39 is 10.5 Å². The predicted molar refractivity (Wildman–Crippen MR) is 78.7 cm³/mol. The molecule has 1 aliphatic heterocycles. The molecule has 1 aromatic carbocycles. The summed E-state index contributed by atoms with van der Waals surface area (Å²) in [5.74, 6) is 1.51. The van der Waals surface area contributed by atoms with Gasteiger partial charge in [-0.1, -0.05) is 19.4 Å². The first kappa shape index (κ1) is 13.9. The van der Waals surface area contributed by atoms with Crippen LogP contribution in [0.4, 0.5) is 5.69 Å². The number of nitro benzene ring substituents is 1. The number of rotatable bonds is 2. The van der Waals surface area contributed by atoms with Crippen molar-refractivity contribution in [1.29, 1.82) is 0 Å². The van der Waals surface area contributed by atoms with E-state index in [-0.39, 0.29) is 11.8 Å². The number of fused-ring (bicyclic) bond motifs is 2. The molecule has 112 valence electrons. The van der Waals surface area contributed by atoms with Gasteiger partial charge in [-0.15, -0.1) is 0 Å². The quantitative estimate of drug-likeness (QED) is 0.471. The maximum Gasteiger partial charge on any atom is 0.273 e. The maximum atomic E-state index is 10.9. The molecule has 2 aliphatic rings. The van der Waals surface area contributed by atoms with Gasteiger partial charge < -0.3 is 9.47 Å². The van der Waals surface area contributed by atoms with Gasteiger partial charge in [0.15, 0.2) is 17.6 Å². The Morgan fingerprint density at radius 3 is 2.81 bits per heavy atom. The lowest BCUT2D eigenvalue weighted by Gasteiger charge is -2.44. The van der Waals surface area contributed by atoms with Gasteiger partial charge in [0.1, 0.15) is 5.60 Å². The van der Waals surface area contributed by atoms with Crippen LogP contribution in [0.2, 0.25) is 0 Å². The molecule has 0 saturated carbocycles. The molecule has 0 fully saturated rings. The van der Waals surface area contributed by atoms with E-state index in [9.17, 15) is 10.1 Å². The van der Waals surface area contributed by atoms with Gasteiger partial charge in [0, 0.05) is 6.07 Å². The van der Waals surface area contributed by atoms with E-state index in [1.165, 1.54) is 17.7 Å². The van der Waals surface area contributed by atoms with Crippen LogP contribution in [0, 0.1) is 16.0 Å². The van der Waals surface area contributed by atoms with Crippen LogP contribution in [0.1, 0.15) is 33.6 Å². The SMILES string of the molecule is CC(C)C1=C[C@@H]2Oc3cc([N+](=O)[O-])ccc3O[C@]2(C)CC1. The Labute approximate surface area is 123 Å². The summed E-state index contributed by atoms with van der Waals surface area (Å²) in [5.41, 5.74) is 0.974. The standard InChI is InChI=1S/C16H19NO4/c1-10(2)11-6-7-16(3)15(8-11)20-14-9-12(17(18)19)4-5-13(14)21-16/h4-5,8-10,15H,6-7H2,1-3H3/t15-,16+/m0/s1. The van der Waals surface area contributed by atoms with E-state index in [2.05, 4.69) is 19.9 Å². The van der Waals surface area contributed by atoms with Crippen LogP contribution in [-0.4, -0.2) is 16.6 Å². The van der Waals surface area contributed by atoms with Crippen molar-refractivity contribution in [2.75, 3.05) is 0 Å². The van der Waals surface area contributed by atoms with Crippen LogP contribution in [0.5, 0.6) is 11.5 Å². The van der Waals surface area contributed by atoms with Gasteiger partial charge in [-0.2, -0.15) is 0 Å². The minimum atomic E-state index is -0.423. The number of nitrogens with zero attached hydrogens (tertiary/aromatic N) is 1. The third-order valence-electron chi connectivity index (χ3n) is 4.35. The largest absolute Gasteiger partial charge is 0.479 e. The van der Waals surface area contributed by atoms with Gasteiger partial charge >= 0.3 is 0 Å². The van der Waals surface area contributed by atoms with E-state index in [0.29, 0.717) is 17.4 Å². The second-order valence-corrected chi connectivity index (χ2v) is 6.24. The van der Waals surface area contributed by atoms with Crippen LogP contribution in [0.25, 0.3) is 0 Å². The normalized spacial score (nSPS) is 27.0. The van der Waals surface area contributed by atoms with Gasteiger partial charge in [0.2, 0.25) is 0 Å². The molecule has 1 aromatic rings. The Hall–Kier alpha value is -2.04. The van der Waals surface area contributed by atoms with Gasteiger partial charge in [0.05, 0.1) is 11.0 Å². The van der Waals surface area contributed by atoms with Crippen molar-refractivity contribution in [3.63, 3.8) is 0 Å². The molecule has 1 heterocycles. The predicted octanol–water partition coefficient (Wildman–Crippen LogP) is 3.87. The molecule has 2 atom stereocenters. The molecule has 5 heteroatoms. The number of benzene rings is 1. The summed E-state index contributed by atoms with van der Waals surface area (Å²) in [6.07, 6.45) is 3.81. The minimum absolute atomic E-state index is 0.0184. The summed E-state index contributed by atoms with van der Waals surface area (Å²) >= 11 is 0. The van der Waals surface area contributed by atoms with Crippen molar-refractivity contribution >= 4 is 5.69 Å². The fraction of sp³-hybridized carbons (Fsp3) is 0.500. The first-order valence-electron chi connectivity index (χ1n) is 7.24. The minimum Gasteiger partial charge on any atom is -0.479 e. The lowest BCUT2D eigenvalue weighted by molar-refractivity contribution is -0.385. The molecule has 0 spiro atoms. The number of allylic oxidation sites excluding steroid dienone is 1. The van der Waals surface area contributed by atoms with Crippen LogP contribution in [-0.2, 0) is 0 Å². The molecule has 3 rings (SSSR count). The molecule has 0 radical (unpaired) electrons. The first-order valence-corrected chi connectivity index (χ1v) is 7.24. The van der Waals surface area contributed by atoms with E-state index in [1.807, 2.05) is 6.92 Å². The molecule has 0 aromatic heterocycles. The molecule has 0 saturated heterocycles. The zero-order chi connectivity index (χ0) is 15.2. The van der Waals surface area contributed by atoms with Crippen molar-refractivity contribution in [3.05, 3.63) is 40.0 Å². The molecule has 21 heavy (non-hydrogen) atoms. The maximum absolute atomic E-state index is 10.9. The molecule has 5 nitrogen and oxygen atoms in total. The van der Waals surface area contributed by atoms with E-state index in [4.69, 9.17) is 9.47 Å². The average molecular weight is 289 g/mol. The van der Waals surface area contributed by atoms with Crippen LogP contribution in [0.15, 0.2) is 29.8 Å². The van der Waals surface area contributed by atoms with E-state index in [0.717, 1.165) is 12.8 Å². The van der Waals surface area contributed by atoms with Gasteiger partial charge in [0.25, 0.3) is 5.69 Å². The lowest BCUT2D eigenvalue weighted by atomic mass is 9.80. The summed E-state index contributed by atoms with van der Waals surface area (Å²) in [6.45, 7) is 6.36. The van der Waals surface area contributed by atoms with Crippen molar-refractivity contribution in [1.82, 2.24) is 0 Å². The highest BCUT2D eigenvalue weighted by Crippen LogP contribution is 2.45. The second-order valence-electron chi connectivity index (χ2n) is 6.24. The summed E-state index contributed by atoms with van der Waals surface area (Å²) in [4.78, 5) is 10.4. The highest BCUT2D eigenvalue weighted by Gasteiger charge is 2.44. The number of hydrogen-bond acceptors (Lipinski definition) is 4. The monoisotopic (exact) mass is 289 g/mol. The molecule has 0 N–H and O–H groups in total. The van der Waals surface area contributed by atoms with Crippen molar-refractivity contribution in [2.24, 2.45) is 5.92 Å². The highest BCUT2D eigenvalue weighted by molar-refractivity contribution is 5.50. The number of nitro groups is 1. The number of hydrogen-bond donors (Lipinski definition) is 0. The Bertz CT molecular complexity index is 623. The Morgan fingerprint density at radius 2 is 2.14 bits per heavy atom. The third-order valence-corrected chi connectivity index (χ3v) is 4.35. The van der Waals surface area contributed by atoms with Gasteiger partial charge in [-0.25, -0.2) is 0 Å². The smallest absolute Gasteiger partial charge is 0.273 e. The molecule has 0 bridgehead atoms. The summed E-state index contributed by atoms with van der Waals surface area (Å²) in [7, 11) is 0. The van der Waals surface area contributed by atoms with Crippen LogP contribution >= 0.6 is 0 Å². The molecule has 0 unspecified atom stereocenters. The molecule has 0 amide bonds. The van der Waals surface area contributed by atoms with Crippen LogP contribution in [0.3, 0.4) is 0 Å². The summed E-state index contributed by atoms with van der Waals surface area (Å²) in [6, 6.07) is 4.51. The molecular weight excluding hydrogens is 270 g/mol. The number of ether oxygens (including phenoxy) is 2. The Kier molecular flexibility index (Phi) is 3.15. The molecular formula is C16H19NO4. The average Bonchev–Trinajstić information content (AvgIpc) is 2.43. The van der Waals surface area contributed by atoms with Gasteiger partial charge in [-0.3, -0.25) is 10.1 Å². The highest BCUT2D eigenvalue weighted by atomic mass is 16.6. The van der Waals surface area contributed by atoms with Crippen molar-refractivity contribution in [2.45, 2.75) is 45.3 Å². The van der Waals surface area contributed by atoms with E-state index in [1.54, 1.807) is 6.07 Å². The zero-order valence-electron chi connectivity index (χ0n) is 12.5. The fourth-order valence-corrected chi connectivity index (χ4v) is 2.91. The Morgan fingerprint density at radius 1 is 1.38 bits per heavy atom. The third kappa shape index (κ3) is 2.37.